The van der Waals surface area contributed by atoms with Crippen LogP contribution in [-0.2, 0) is 9.59 Å². The second-order valence-corrected chi connectivity index (χ2v) is 4.00. The maximum atomic E-state index is 11.4. The molecular formula is C9H15NO2. The Labute approximate surface area is 72.7 Å². The van der Waals surface area contributed by atoms with Gasteiger partial charge >= 0.3 is 0 Å². The SMILES string of the molecule is CC(=O)N1CCC(C)(C)C(=O)C1. The summed E-state index contributed by atoms with van der Waals surface area (Å²) in [6.45, 7) is 6.39. The largest absolute Gasteiger partial charge is 0.336 e. The molecule has 1 saturated heterocycles. The third-order valence-electron chi connectivity index (χ3n) is 2.54. The number of piperidine rings is 1. The monoisotopic (exact) mass is 169 g/mol. The van der Waals surface area contributed by atoms with Gasteiger partial charge in [-0.1, -0.05) is 13.8 Å². The Morgan fingerprint density at radius 1 is 1.50 bits per heavy atom. The highest BCUT2D eigenvalue weighted by atomic mass is 16.2. The van der Waals surface area contributed by atoms with E-state index >= 15 is 0 Å². The number of rotatable bonds is 0. The fourth-order valence-electron chi connectivity index (χ4n) is 1.29. The number of amides is 1. The van der Waals surface area contributed by atoms with E-state index in [1.165, 1.54) is 6.92 Å². The summed E-state index contributed by atoms with van der Waals surface area (Å²) in [5.41, 5.74) is -0.230. The van der Waals surface area contributed by atoms with Crippen LogP contribution in [0.15, 0.2) is 0 Å². The van der Waals surface area contributed by atoms with E-state index in [0.717, 1.165) is 6.42 Å². The lowest BCUT2D eigenvalue weighted by molar-refractivity contribution is -0.141. The highest BCUT2D eigenvalue weighted by Gasteiger charge is 2.34. The second kappa shape index (κ2) is 2.88. The zero-order chi connectivity index (χ0) is 9.35. The Hall–Kier alpha value is -0.860. The first kappa shape index (κ1) is 9.23. The third-order valence-corrected chi connectivity index (χ3v) is 2.54. The molecule has 0 N–H and O–H groups in total. The van der Waals surface area contributed by atoms with Gasteiger partial charge in [-0.25, -0.2) is 0 Å². The second-order valence-electron chi connectivity index (χ2n) is 4.00. The van der Waals surface area contributed by atoms with Crippen molar-refractivity contribution in [2.45, 2.75) is 27.2 Å². The quantitative estimate of drug-likeness (QED) is 0.538. The maximum Gasteiger partial charge on any atom is 0.219 e. The lowest BCUT2D eigenvalue weighted by Crippen LogP contribution is -2.46. The van der Waals surface area contributed by atoms with Crippen LogP contribution in [0.2, 0.25) is 0 Å². The summed E-state index contributed by atoms with van der Waals surface area (Å²) in [4.78, 5) is 24.0. The predicted octanol–water partition coefficient (Wildman–Crippen LogP) is 0.834. The number of hydrogen-bond acceptors (Lipinski definition) is 2. The van der Waals surface area contributed by atoms with E-state index in [1.54, 1.807) is 4.90 Å². The summed E-state index contributed by atoms with van der Waals surface area (Å²) in [7, 11) is 0. The van der Waals surface area contributed by atoms with Crippen molar-refractivity contribution >= 4 is 11.7 Å². The van der Waals surface area contributed by atoms with Gasteiger partial charge in [0.15, 0.2) is 5.78 Å². The van der Waals surface area contributed by atoms with Gasteiger partial charge in [0.2, 0.25) is 5.91 Å². The van der Waals surface area contributed by atoms with E-state index < -0.39 is 0 Å². The van der Waals surface area contributed by atoms with Crippen molar-refractivity contribution < 1.29 is 9.59 Å². The predicted molar refractivity (Wildman–Crippen MR) is 45.7 cm³/mol. The Balaban J connectivity index is 2.64. The molecule has 0 aromatic carbocycles. The van der Waals surface area contributed by atoms with Crippen LogP contribution >= 0.6 is 0 Å². The molecule has 0 aromatic heterocycles. The van der Waals surface area contributed by atoms with Gasteiger partial charge in [0, 0.05) is 18.9 Å². The Kier molecular flexibility index (Phi) is 2.22. The number of hydrogen-bond donors (Lipinski definition) is 0. The summed E-state index contributed by atoms with van der Waals surface area (Å²) < 4.78 is 0. The van der Waals surface area contributed by atoms with Crippen LogP contribution < -0.4 is 0 Å². The van der Waals surface area contributed by atoms with Gasteiger partial charge in [0.05, 0.1) is 6.54 Å². The molecule has 3 heteroatoms. The lowest BCUT2D eigenvalue weighted by atomic mass is 9.81. The Morgan fingerprint density at radius 3 is 2.50 bits per heavy atom. The van der Waals surface area contributed by atoms with Gasteiger partial charge in [-0.05, 0) is 6.42 Å². The smallest absolute Gasteiger partial charge is 0.219 e. The van der Waals surface area contributed by atoms with Crippen LogP contribution in [0.1, 0.15) is 27.2 Å². The molecule has 3 nitrogen and oxygen atoms in total. The molecule has 0 spiro atoms. The summed E-state index contributed by atoms with van der Waals surface area (Å²) in [6.07, 6.45) is 0.783. The molecule has 0 aromatic rings. The topological polar surface area (TPSA) is 37.4 Å². The van der Waals surface area contributed by atoms with Gasteiger partial charge in [-0.2, -0.15) is 0 Å². The molecule has 1 fully saturated rings. The molecule has 1 aliphatic heterocycles. The van der Waals surface area contributed by atoms with Crippen LogP contribution in [0.3, 0.4) is 0 Å². The van der Waals surface area contributed by atoms with Crippen molar-refractivity contribution in [3.8, 4) is 0 Å². The molecule has 12 heavy (non-hydrogen) atoms. The molecule has 1 aliphatic rings. The van der Waals surface area contributed by atoms with Crippen molar-refractivity contribution in [3.63, 3.8) is 0 Å². The lowest BCUT2D eigenvalue weighted by Gasteiger charge is -2.34. The third kappa shape index (κ3) is 1.65. The first-order chi connectivity index (χ1) is 5.43. The molecule has 0 bridgehead atoms. The van der Waals surface area contributed by atoms with Crippen LogP contribution in [0.5, 0.6) is 0 Å². The molecule has 0 aliphatic carbocycles. The van der Waals surface area contributed by atoms with Crippen molar-refractivity contribution in [1.29, 1.82) is 0 Å². The number of ketones is 1. The number of likely N-dealkylation sites (tertiary alicyclic amines) is 1. The molecule has 1 heterocycles. The molecule has 0 unspecified atom stereocenters. The number of nitrogens with zero attached hydrogens (tertiary/aromatic N) is 1. The van der Waals surface area contributed by atoms with Crippen molar-refractivity contribution in [1.82, 2.24) is 4.90 Å². The summed E-state index contributed by atoms with van der Waals surface area (Å²) in [5, 5.41) is 0. The number of carbonyl (C=O) groups is 2. The number of carbonyl (C=O) groups excluding carboxylic acids is 2. The molecule has 0 radical (unpaired) electrons. The van der Waals surface area contributed by atoms with Crippen molar-refractivity contribution in [2.75, 3.05) is 13.1 Å². The maximum absolute atomic E-state index is 11.4. The van der Waals surface area contributed by atoms with Crippen LogP contribution in [0.25, 0.3) is 0 Å². The van der Waals surface area contributed by atoms with Gasteiger partial charge < -0.3 is 4.90 Å². The van der Waals surface area contributed by atoms with E-state index in [-0.39, 0.29) is 17.1 Å². The fourth-order valence-corrected chi connectivity index (χ4v) is 1.29. The van der Waals surface area contributed by atoms with Crippen molar-refractivity contribution in [3.05, 3.63) is 0 Å². The van der Waals surface area contributed by atoms with Crippen molar-refractivity contribution in [2.24, 2.45) is 5.41 Å². The average molecular weight is 169 g/mol. The van der Waals surface area contributed by atoms with Crippen LogP contribution in [0.4, 0.5) is 0 Å². The Morgan fingerprint density at radius 2 is 2.08 bits per heavy atom. The van der Waals surface area contributed by atoms with E-state index in [2.05, 4.69) is 0 Å². The highest BCUT2D eigenvalue weighted by Crippen LogP contribution is 2.26. The fraction of sp³-hybridized carbons (Fsp3) is 0.778. The molecule has 68 valence electrons. The summed E-state index contributed by atoms with van der Waals surface area (Å²) >= 11 is 0. The van der Waals surface area contributed by atoms with E-state index in [1.807, 2.05) is 13.8 Å². The van der Waals surface area contributed by atoms with E-state index in [9.17, 15) is 9.59 Å². The minimum atomic E-state index is -0.230. The zero-order valence-electron chi connectivity index (χ0n) is 7.89. The van der Waals surface area contributed by atoms with Crippen LogP contribution in [0, 0.1) is 5.41 Å². The first-order valence-corrected chi connectivity index (χ1v) is 4.22. The highest BCUT2D eigenvalue weighted by molar-refractivity contribution is 5.90. The summed E-state index contributed by atoms with van der Waals surface area (Å²) in [6, 6.07) is 0. The molecule has 0 saturated carbocycles. The summed E-state index contributed by atoms with van der Waals surface area (Å²) in [5.74, 6) is 0.169. The van der Waals surface area contributed by atoms with Gasteiger partial charge in [-0.15, -0.1) is 0 Å². The molecule has 0 atom stereocenters. The van der Waals surface area contributed by atoms with Gasteiger partial charge in [0.25, 0.3) is 0 Å². The van der Waals surface area contributed by atoms with E-state index in [4.69, 9.17) is 0 Å². The van der Waals surface area contributed by atoms with E-state index in [0.29, 0.717) is 13.1 Å². The minimum absolute atomic E-state index is 0.00106. The first-order valence-electron chi connectivity index (χ1n) is 4.22. The normalized spacial score (nSPS) is 22.6. The average Bonchev–Trinajstić information content (AvgIpc) is 1.94. The number of Topliss-reactive ketones (excluding diaryl/α,β-unsaturated/α-hetero) is 1. The zero-order valence-corrected chi connectivity index (χ0v) is 7.89. The molecular weight excluding hydrogens is 154 g/mol. The standard InChI is InChI=1S/C9H15NO2/c1-7(11)10-5-4-9(2,3)8(12)6-10/h4-6H2,1-3H3. The molecule has 1 amide bonds. The Bertz CT molecular complexity index is 221. The molecule has 1 rings (SSSR count). The van der Waals surface area contributed by atoms with Gasteiger partial charge in [0.1, 0.15) is 0 Å². The van der Waals surface area contributed by atoms with Crippen LogP contribution in [-0.4, -0.2) is 29.7 Å². The van der Waals surface area contributed by atoms with Gasteiger partial charge in [-0.3, -0.25) is 9.59 Å². The minimum Gasteiger partial charge on any atom is -0.336 e.